The Balaban J connectivity index is 2.76. The summed E-state index contributed by atoms with van der Waals surface area (Å²) in [4.78, 5) is 11.3. The highest BCUT2D eigenvalue weighted by Gasteiger charge is 2.08. The van der Waals surface area contributed by atoms with Crippen molar-refractivity contribution >= 4 is 21.7 Å². The van der Waals surface area contributed by atoms with Crippen LogP contribution in [0.3, 0.4) is 0 Å². The van der Waals surface area contributed by atoms with Crippen LogP contribution in [-0.2, 0) is 11.2 Å². The first-order valence-corrected chi connectivity index (χ1v) is 5.03. The average Bonchev–Trinajstić information content (AvgIpc) is 2.13. The van der Waals surface area contributed by atoms with Crippen LogP contribution in [0.2, 0.25) is 0 Å². The standard InChI is InChI=1S/C10H11BrFNO/c1-13-6-8(14)5-7-3-2-4-9(12)10(7)11/h2-4,13H,5-6H2,1H3. The fourth-order valence-corrected chi connectivity index (χ4v) is 1.56. The molecule has 14 heavy (non-hydrogen) atoms. The highest BCUT2D eigenvalue weighted by molar-refractivity contribution is 9.10. The maximum atomic E-state index is 13.0. The predicted molar refractivity (Wildman–Crippen MR) is 56.7 cm³/mol. The van der Waals surface area contributed by atoms with Gasteiger partial charge in [0, 0.05) is 6.42 Å². The zero-order valence-electron chi connectivity index (χ0n) is 7.81. The second kappa shape index (κ2) is 5.22. The minimum absolute atomic E-state index is 0.0406. The van der Waals surface area contributed by atoms with Gasteiger partial charge in [-0.3, -0.25) is 4.79 Å². The van der Waals surface area contributed by atoms with Crippen molar-refractivity contribution in [1.29, 1.82) is 0 Å². The molecule has 0 heterocycles. The Morgan fingerprint density at radius 3 is 2.93 bits per heavy atom. The second-order valence-electron chi connectivity index (χ2n) is 2.96. The third kappa shape index (κ3) is 2.89. The van der Waals surface area contributed by atoms with Gasteiger partial charge in [-0.1, -0.05) is 12.1 Å². The average molecular weight is 260 g/mol. The number of hydrogen-bond donors (Lipinski definition) is 1. The molecule has 0 fully saturated rings. The van der Waals surface area contributed by atoms with E-state index in [1.54, 1.807) is 19.2 Å². The normalized spacial score (nSPS) is 10.2. The van der Waals surface area contributed by atoms with Gasteiger partial charge in [0.15, 0.2) is 5.78 Å². The fraction of sp³-hybridized carbons (Fsp3) is 0.300. The molecule has 0 unspecified atom stereocenters. The minimum Gasteiger partial charge on any atom is -0.313 e. The van der Waals surface area contributed by atoms with Crippen LogP contribution in [0.15, 0.2) is 22.7 Å². The lowest BCUT2D eigenvalue weighted by Crippen LogP contribution is -2.20. The molecule has 0 atom stereocenters. The van der Waals surface area contributed by atoms with E-state index in [1.807, 2.05) is 0 Å². The molecule has 0 aliphatic heterocycles. The van der Waals surface area contributed by atoms with Crippen LogP contribution in [0, 0.1) is 5.82 Å². The summed E-state index contributed by atoms with van der Waals surface area (Å²) in [6, 6.07) is 4.69. The van der Waals surface area contributed by atoms with E-state index >= 15 is 0 Å². The Morgan fingerprint density at radius 2 is 2.29 bits per heavy atom. The van der Waals surface area contributed by atoms with E-state index in [2.05, 4.69) is 21.2 Å². The monoisotopic (exact) mass is 259 g/mol. The van der Waals surface area contributed by atoms with Gasteiger partial charge in [-0.15, -0.1) is 0 Å². The molecule has 0 amide bonds. The van der Waals surface area contributed by atoms with E-state index in [9.17, 15) is 9.18 Å². The molecular weight excluding hydrogens is 249 g/mol. The Bertz CT molecular complexity index is 341. The molecule has 1 N–H and O–H groups in total. The van der Waals surface area contributed by atoms with Gasteiger partial charge in [0.2, 0.25) is 0 Å². The van der Waals surface area contributed by atoms with Crippen molar-refractivity contribution in [2.45, 2.75) is 6.42 Å². The summed E-state index contributed by atoms with van der Waals surface area (Å²) < 4.78 is 13.4. The van der Waals surface area contributed by atoms with Crippen LogP contribution in [0.1, 0.15) is 5.56 Å². The number of hydrogen-bond acceptors (Lipinski definition) is 2. The van der Waals surface area contributed by atoms with Gasteiger partial charge in [-0.05, 0) is 34.6 Å². The summed E-state index contributed by atoms with van der Waals surface area (Å²) in [6.45, 7) is 0.308. The highest BCUT2D eigenvalue weighted by atomic mass is 79.9. The summed E-state index contributed by atoms with van der Waals surface area (Å²) in [5, 5.41) is 2.76. The molecule has 0 aliphatic rings. The molecule has 0 radical (unpaired) electrons. The first-order chi connectivity index (χ1) is 6.65. The number of nitrogens with one attached hydrogen (secondary N) is 1. The van der Waals surface area contributed by atoms with E-state index in [4.69, 9.17) is 0 Å². The lowest BCUT2D eigenvalue weighted by Gasteiger charge is -2.04. The maximum absolute atomic E-state index is 13.0. The smallest absolute Gasteiger partial charge is 0.151 e. The Hall–Kier alpha value is -0.740. The van der Waals surface area contributed by atoms with E-state index in [1.165, 1.54) is 6.07 Å². The van der Waals surface area contributed by atoms with Crippen molar-refractivity contribution in [2.75, 3.05) is 13.6 Å². The van der Waals surface area contributed by atoms with E-state index in [0.29, 0.717) is 16.6 Å². The zero-order chi connectivity index (χ0) is 10.6. The SMILES string of the molecule is CNCC(=O)Cc1cccc(F)c1Br. The van der Waals surface area contributed by atoms with Crippen LogP contribution >= 0.6 is 15.9 Å². The Labute approximate surface area is 90.6 Å². The van der Waals surface area contributed by atoms with Gasteiger partial charge < -0.3 is 5.32 Å². The van der Waals surface area contributed by atoms with Gasteiger partial charge in [0.05, 0.1) is 11.0 Å². The summed E-state index contributed by atoms with van der Waals surface area (Å²) in [5.74, 6) is -0.293. The van der Waals surface area contributed by atoms with Gasteiger partial charge in [-0.2, -0.15) is 0 Å². The van der Waals surface area contributed by atoms with Gasteiger partial charge in [-0.25, -0.2) is 4.39 Å². The first kappa shape index (κ1) is 11.3. The summed E-state index contributed by atoms with van der Waals surface area (Å²) in [6.07, 6.45) is 0.249. The van der Waals surface area contributed by atoms with Crippen molar-refractivity contribution in [1.82, 2.24) is 5.32 Å². The maximum Gasteiger partial charge on any atom is 0.151 e. The van der Waals surface area contributed by atoms with E-state index in [0.717, 1.165) is 0 Å². The van der Waals surface area contributed by atoms with Crippen molar-refractivity contribution < 1.29 is 9.18 Å². The second-order valence-corrected chi connectivity index (χ2v) is 3.75. The molecule has 2 nitrogen and oxygen atoms in total. The minimum atomic E-state index is -0.334. The summed E-state index contributed by atoms with van der Waals surface area (Å²) in [7, 11) is 1.71. The summed E-state index contributed by atoms with van der Waals surface area (Å²) in [5.41, 5.74) is 0.685. The molecular formula is C10H11BrFNO. The Morgan fingerprint density at radius 1 is 1.57 bits per heavy atom. The third-order valence-corrected chi connectivity index (χ3v) is 2.68. The van der Waals surface area contributed by atoms with Crippen LogP contribution in [0.4, 0.5) is 4.39 Å². The predicted octanol–water partition coefficient (Wildman–Crippen LogP) is 1.92. The van der Waals surface area contributed by atoms with Crippen molar-refractivity contribution in [3.05, 3.63) is 34.1 Å². The molecule has 0 spiro atoms. The number of Topliss-reactive ketones (excluding diaryl/α,β-unsaturated/α-hetero) is 1. The van der Waals surface area contributed by atoms with Gasteiger partial charge in [0.1, 0.15) is 5.82 Å². The number of halogens is 2. The highest BCUT2D eigenvalue weighted by Crippen LogP contribution is 2.20. The molecule has 0 aliphatic carbocycles. The molecule has 0 saturated carbocycles. The number of rotatable bonds is 4. The number of likely N-dealkylation sites (N-methyl/N-ethyl adjacent to an activating group) is 1. The summed E-state index contributed by atoms with van der Waals surface area (Å²) >= 11 is 3.11. The quantitative estimate of drug-likeness (QED) is 0.896. The molecule has 76 valence electrons. The lowest BCUT2D eigenvalue weighted by atomic mass is 10.1. The van der Waals surface area contributed by atoms with Gasteiger partial charge in [0.25, 0.3) is 0 Å². The lowest BCUT2D eigenvalue weighted by molar-refractivity contribution is -0.117. The van der Waals surface area contributed by atoms with Crippen LogP contribution in [-0.4, -0.2) is 19.4 Å². The molecule has 4 heteroatoms. The number of benzene rings is 1. The van der Waals surface area contributed by atoms with Gasteiger partial charge >= 0.3 is 0 Å². The zero-order valence-corrected chi connectivity index (χ0v) is 9.40. The Kier molecular flexibility index (Phi) is 4.22. The molecule has 1 aromatic rings. The molecule has 0 aromatic heterocycles. The molecule has 0 bridgehead atoms. The van der Waals surface area contributed by atoms with Crippen molar-refractivity contribution in [3.8, 4) is 0 Å². The van der Waals surface area contributed by atoms with Crippen molar-refractivity contribution in [3.63, 3.8) is 0 Å². The molecule has 0 saturated heterocycles. The van der Waals surface area contributed by atoms with Crippen LogP contribution in [0.25, 0.3) is 0 Å². The molecule has 1 rings (SSSR count). The van der Waals surface area contributed by atoms with E-state index in [-0.39, 0.29) is 18.0 Å². The van der Waals surface area contributed by atoms with E-state index < -0.39 is 0 Å². The number of carbonyl (C=O) groups is 1. The number of carbonyl (C=O) groups excluding carboxylic acids is 1. The largest absolute Gasteiger partial charge is 0.313 e. The fourth-order valence-electron chi connectivity index (χ4n) is 1.16. The molecule has 1 aromatic carbocycles. The van der Waals surface area contributed by atoms with Crippen LogP contribution < -0.4 is 5.32 Å². The van der Waals surface area contributed by atoms with Crippen LogP contribution in [0.5, 0.6) is 0 Å². The first-order valence-electron chi connectivity index (χ1n) is 4.24. The third-order valence-electron chi connectivity index (χ3n) is 1.79. The topological polar surface area (TPSA) is 29.1 Å². The van der Waals surface area contributed by atoms with Crippen molar-refractivity contribution in [2.24, 2.45) is 0 Å². The number of ketones is 1.